The standard InChI is InChI=1S/C18H23ClN4O.HI/c1-3-20-18(21-12-11-14-7-9-15(19)10-8-14)22-13-16-5-4-6-17(23-16)24-2;/h4-10H,3,11-13H2,1-2H3,(H2,20,21,22);1H. The van der Waals surface area contributed by atoms with E-state index in [1.54, 1.807) is 7.11 Å². The van der Waals surface area contributed by atoms with Crippen molar-refractivity contribution in [2.24, 2.45) is 4.99 Å². The normalized spacial score (nSPS) is 10.8. The van der Waals surface area contributed by atoms with Crippen molar-refractivity contribution in [3.63, 3.8) is 0 Å². The Morgan fingerprint density at radius 3 is 2.60 bits per heavy atom. The van der Waals surface area contributed by atoms with Crippen molar-refractivity contribution < 1.29 is 4.74 Å². The zero-order chi connectivity index (χ0) is 17.2. The summed E-state index contributed by atoms with van der Waals surface area (Å²) < 4.78 is 5.13. The van der Waals surface area contributed by atoms with E-state index in [1.807, 2.05) is 49.4 Å². The topological polar surface area (TPSA) is 58.5 Å². The fourth-order valence-electron chi connectivity index (χ4n) is 2.14. The van der Waals surface area contributed by atoms with Gasteiger partial charge < -0.3 is 15.4 Å². The number of aromatic nitrogens is 1. The molecule has 0 bridgehead atoms. The highest BCUT2D eigenvalue weighted by atomic mass is 127. The lowest BCUT2D eigenvalue weighted by Gasteiger charge is -2.11. The highest BCUT2D eigenvalue weighted by molar-refractivity contribution is 14.0. The van der Waals surface area contributed by atoms with Gasteiger partial charge in [-0.25, -0.2) is 9.98 Å². The number of aliphatic imine (C=N–C) groups is 1. The highest BCUT2D eigenvalue weighted by Crippen LogP contribution is 2.09. The van der Waals surface area contributed by atoms with Crippen LogP contribution in [0, 0.1) is 0 Å². The average molecular weight is 475 g/mol. The monoisotopic (exact) mass is 474 g/mol. The number of ether oxygens (including phenoxy) is 1. The minimum atomic E-state index is 0. The molecule has 0 aliphatic heterocycles. The fraction of sp³-hybridized carbons (Fsp3) is 0.333. The van der Waals surface area contributed by atoms with Gasteiger partial charge >= 0.3 is 0 Å². The van der Waals surface area contributed by atoms with Crippen LogP contribution in [0.2, 0.25) is 5.02 Å². The fourth-order valence-corrected chi connectivity index (χ4v) is 2.26. The van der Waals surface area contributed by atoms with Gasteiger partial charge in [-0.15, -0.1) is 24.0 Å². The Bertz CT molecular complexity index is 664. The Labute approximate surface area is 171 Å². The summed E-state index contributed by atoms with van der Waals surface area (Å²) in [4.78, 5) is 8.92. The first-order chi connectivity index (χ1) is 11.7. The molecule has 1 heterocycles. The van der Waals surface area contributed by atoms with Crippen molar-refractivity contribution in [2.45, 2.75) is 19.9 Å². The van der Waals surface area contributed by atoms with Crippen LogP contribution in [0.15, 0.2) is 47.5 Å². The molecule has 0 fully saturated rings. The summed E-state index contributed by atoms with van der Waals surface area (Å²) in [7, 11) is 1.61. The summed E-state index contributed by atoms with van der Waals surface area (Å²) in [6.45, 7) is 4.13. The van der Waals surface area contributed by atoms with E-state index in [0.29, 0.717) is 12.4 Å². The van der Waals surface area contributed by atoms with Crippen molar-refractivity contribution >= 4 is 41.5 Å². The first kappa shape index (κ1) is 21.5. The Morgan fingerprint density at radius 1 is 1.16 bits per heavy atom. The minimum absolute atomic E-state index is 0. The number of hydrogen-bond acceptors (Lipinski definition) is 3. The second-order valence-electron chi connectivity index (χ2n) is 5.17. The molecule has 7 heteroatoms. The third-order valence-corrected chi connectivity index (χ3v) is 3.61. The van der Waals surface area contributed by atoms with Crippen LogP contribution in [0.5, 0.6) is 5.88 Å². The minimum Gasteiger partial charge on any atom is -0.481 e. The van der Waals surface area contributed by atoms with E-state index in [-0.39, 0.29) is 24.0 Å². The zero-order valence-electron chi connectivity index (χ0n) is 14.5. The number of pyridine rings is 1. The Balaban J connectivity index is 0.00000312. The molecule has 0 radical (unpaired) electrons. The van der Waals surface area contributed by atoms with Gasteiger partial charge in [-0.2, -0.15) is 0 Å². The second kappa shape index (κ2) is 11.9. The molecule has 1 aromatic carbocycles. The van der Waals surface area contributed by atoms with E-state index < -0.39 is 0 Å². The van der Waals surface area contributed by atoms with Crippen LogP contribution in [-0.2, 0) is 13.0 Å². The van der Waals surface area contributed by atoms with Crippen molar-refractivity contribution in [2.75, 3.05) is 20.2 Å². The third kappa shape index (κ3) is 7.92. The number of nitrogens with one attached hydrogen (secondary N) is 2. The summed E-state index contributed by atoms with van der Waals surface area (Å²) in [6, 6.07) is 13.6. The predicted octanol–water partition coefficient (Wildman–Crippen LogP) is 3.66. The molecular weight excluding hydrogens is 451 g/mol. The lowest BCUT2D eigenvalue weighted by Crippen LogP contribution is -2.38. The molecule has 2 N–H and O–H groups in total. The maximum absolute atomic E-state index is 5.90. The molecule has 0 atom stereocenters. The number of rotatable bonds is 7. The summed E-state index contributed by atoms with van der Waals surface area (Å²) >= 11 is 5.90. The number of halogens is 2. The summed E-state index contributed by atoms with van der Waals surface area (Å²) in [5.74, 6) is 1.37. The molecule has 2 rings (SSSR count). The molecule has 0 aliphatic rings. The van der Waals surface area contributed by atoms with Crippen molar-refractivity contribution in [1.82, 2.24) is 15.6 Å². The quantitative estimate of drug-likeness (QED) is 0.365. The second-order valence-corrected chi connectivity index (χ2v) is 5.61. The van der Waals surface area contributed by atoms with Gasteiger partial charge in [0, 0.05) is 24.2 Å². The van der Waals surface area contributed by atoms with E-state index in [0.717, 1.165) is 36.2 Å². The van der Waals surface area contributed by atoms with Gasteiger partial charge in [-0.3, -0.25) is 0 Å². The molecule has 25 heavy (non-hydrogen) atoms. The maximum atomic E-state index is 5.90. The van der Waals surface area contributed by atoms with Crippen molar-refractivity contribution in [3.8, 4) is 5.88 Å². The molecule has 0 unspecified atom stereocenters. The van der Waals surface area contributed by atoms with Crippen LogP contribution in [0.1, 0.15) is 18.2 Å². The molecule has 0 aliphatic carbocycles. The molecule has 2 aromatic rings. The van der Waals surface area contributed by atoms with Gasteiger partial charge in [-0.05, 0) is 37.1 Å². The smallest absolute Gasteiger partial charge is 0.213 e. The average Bonchev–Trinajstić information content (AvgIpc) is 2.61. The largest absolute Gasteiger partial charge is 0.481 e. The molecule has 0 spiro atoms. The van der Waals surface area contributed by atoms with E-state index >= 15 is 0 Å². The lowest BCUT2D eigenvalue weighted by atomic mass is 10.1. The van der Waals surface area contributed by atoms with Crippen LogP contribution in [0.25, 0.3) is 0 Å². The van der Waals surface area contributed by atoms with E-state index in [2.05, 4.69) is 20.6 Å². The SMILES string of the molecule is CCNC(=NCc1cccc(OC)n1)NCCc1ccc(Cl)cc1.I. The number of guanidine groups is 1. The van der Waals surface area contributed by atoms with Crippen molar-refractivity contribution in [1.29, 1.82) is 0 Å². The van der Waals surface area contributed by atoms with Gasteiger partial charge in [0.2, 0.25) is 5.88 Å². The van der Waals surface area contributed by atoms with E-state index in [4.69, 9.17) is 16.3 Å². The zero-order valence-corrected chi connectivity index (χ0v) is 17.5. The molecule has 136 valence electrons. The predicted molar refractivity (Wildman–Crippen MR) is 114 cm³/mol. The molecular formula is C18H24ClIN4O. The number of hydrogen-bond donors (Lipinski definition) is 2. The van der Waals surface area contributed by atoms with Crippen LogP contribution < -0.4 is 15.4 Å². The maximum Gasteiger partial charge on any atom is 0.213 e. The van der Waals surface area contributed by atoms with Crippen molar-refractivity contribution in [3.05, 3.63) is 58.7 Å². The Kier molecular flexibility index (Phi) is 10.3. The molecule has 0 saturated carbocycles. The van der Waals surface area contributed by atoms with E-state index in [9.17, 15) is 0 Å². The number of nitrogens with zero attached hydrogens (tertiary/aromatic N) is 2. The Hall–Kier alpha value is -1.54. The summed E-state index contributed by atoms with van der Waals surface area (Å²) in [6.07, 6.45) is 0.902. The van der Waals surface area contributed by atoms with Crippen LogP contribution in [-0.4, -0.2) is 31.1 Å². The van der Waals surface area contributed by atoms with Crippen LogP contribution in [0.3, 0.4) is 0 Å². The molecule has 1 aromatic heterocycles. The van der Waals surface area contributed by atoms with Crippen LogP contribution >= 0.6 is 35.6 Å². The van der Waals surface area contributed by atoms with Gasteiger partial charge in [0.25, 0.3) is 0 Å². The summed E-state index contributed by atoms with van der Waals surface area (Å²) in [5.41, 5.74) is 2.10. The molecule has 5 nitrogen and oxygen atoms in total. The highest BCUT2D eigenvalue weighted by Gasteiger charge is 2.00. The molecule has 0 saturated heterocycles. The van der Waals surface area contributed by atoms with Gasteiger partial charge in [0.1, 0.15) is 0 Å². The van der Waals surface area contributed by atoms with Crippen LogP contribution in [0.4, 0.5) is 0 Å². The third-order valence-electron chi connectivity index (χ3n) is 3.35. The number of methoxy groups -OCH3 is 1. The number of benzene rings is 1. The molecule has 0 amide bonds. The lowest BCUT2D eigenvalue weighted by molar-refractivity contribution is 0.396. The summed E-state index contributed by atoms with van der Waals surface area (Å²) in [5, 5.41) is 7.32. The van der Waals surface area contributed by atoms with Gasteiger partial charge in [0.15, 0.2) is 5.96 Å². The van der Waals surface area contributed by atoms with E-state index in [1.165, 1.54) is 5.56 Å². The first-order valence-corrected chi connectivity index (χ1v) is 8.35. The Morgan fingerprint density at radius 2 is 1.92 bits per heavy atom. The van der Waals surface area contributed by atoms with Gasteiger partial charge in [0.05, 0.1) is 19.3 Å². The first-order valence-electron chi connectivity index (χ1n) is 7.98. The van der Waals surface area contributed by atoms with Gasteiger partial charge in [-0.1, -0.05) is 29.8 Å².